The zero-order chi connectivity index (χ0) is 22.9. The first kappa shape index (κ1) is 21.6. The van der Waals surface area contributed by atoms with Crippen molar-refractivity contribution < 1.29 is 9.53 Å². The molecule has 170 valence electrons. The maximum Gasteiger partial charge on any atom is 0.271 e. The summed E-state index contributed by atoms with van der Waals surface area (Å²) >= 11 is 0. The molecule has 2 heterocycles. The molecule has 2 aliphatic rings. The van der Waals surface area contributed by atoms with E-state index in [4.69, 9.17) is 10.5 Å². The largest absolute Gasteiger partial charge is 0.495 e. The van der Waals surface area contributed by atoms with E-state index in [9.17, 15) is 4.79 Å². The quantitative estimate of drug-likeness (QED) is 0.408. The molecule has 2 saturated carbocycles. The van der Waals surface area contributed by atoms with Crippen molar-refractivity contribution in [3.63, 3.8) is 0 Å². The van der Waals surface area contributed by atoms with Gasteiger partial charge in [0.15, 0.2) is 11.5 Å². The summed E-state index contributed by atoms with van der Waals surface area (Å²) in [4.78, 5) is 16.3. The first-order valence-corrected chi connectivity index (χ1v) is 12.6. The Morgan fingerprint density at radius 1 is 1.00 bits per heavy atom. The summed E-state index contributed by atoms with van der Waals surface area (Å²) in [7, 11) is 1.54. The maximum absolute atomic E-state index is 12.0. The lowest BCUT2D eigenvalue weighted by molar-refractivity contribution is 0.0995. The van der Waals surface area contributed by atoms with Crippen molar-refractivity contribution in [2.75, 3.05) is 17.7 Å². The third kappa shape index (κ3) is 4.91. The normalized spacial score (nSPS) is 15.4. The molecular formula is C24H27N6O2P. The molecule has 2 aromatic heterocycles. The van der Waals surface area contributed by atoms with Gasteiger partial charge in [-0.1, -0.05) is 14.0 Å². The highest BCUT2D eigenvalue weighted by atomic mass is 31.1. The molecule has 33 heavy (non-hydrogen) atoms. The van der Waals surface area contributed by atoms with Crippen LogP contribution in [0.5, 0.6) is 5.75 Å². The second-order valence-corrected chi connectivity index (χ2v) is 11.4. The highest BCUT2D eigenvalue weighted by molar-refractivity contribution is 7.67. The van der Waals surface area contributed by atoms with Gasteiger partial charge < -0.3 is 21.1 Å². The van der Waals surface area contributed by atoms with Crippen LogP contribution >= 0.6 is 7.92 Å². The Labute approximate surface area is 194 Å². The summed E-state index contributed by atoms with van der Waals surface area (Å²) in [5.41, 5.74) is 9.62. The van der Waals surface area contributed by atoms with E-state index in [2.05, 4.69) is 37.9 Å². The highest BCUT2D eigenvalue weighted by Crippen LogP contribution is 2.63. The average molecular weight is 462 g/mol. The number of pyridine rings is 1. The zero-order valence-electron chi connectivity index (χ0n) is 18.7. The number of carbonyl (C=O) groups excluding carboxylic acids is 1. The van der Waals surface area contributed by atoms with E-state index >= 15 is 0 Å². The van der Waals surface area contributed by atoms with Crippen molar-refractivity contribution in [3.8, 4) is 5.75 Å². The van der Waals surface area contributed by atoms with Gasteiger partial charge in [0, 0.05) is 12.3 Å². The number of nitrogens with one attached hydrogen (secondary N) is 2. The Morgan fingerprint density at radius 2 is 1.76 bits per heavy atom. The highest BCUT2D eigenvalue weighted by Gasteiger charge is 2.42. The van der Waals surface area contributed by atoms with Crippen LogP contribution < -0.4 is 26.4 Å². The molecule has 2 aliphatic carbocycles. The van der Waals surface area contributed by atoms with E-state index in [1.807, 2.05) is 25.1 Å². The first-order valence-electron chi connectivity index (χ1n) is 11.1. The van der Waals surface area contributed by atoms with Crippen molar-refractivity contribution in [3.05, 3.63) is 53.9 Å². The maximum atomic E-state index is 12.0. The van der Waals surface area contributed by atoms with Gasteiger partial charge in [-0.15, -0.1) is 10.2 Å². The van der Waals surface area contributed by atoms with Gasteiger partial charge in [-0.25, -0.2) is 4.98 Å². The van der Waals surface area contributed by atoms with Crippen molar-refractivity contribution in [2.24, 2.45) is 5.73 Å². The lowest BCUT2D eigenvalue weighted by Gasteiger charge is -2.20. The van der Waals surface area contributed by atoms with Gasteiger partial charge in [0.1, 0.15) is 11.6 Å². The Hall–Kier alpha value is -3.25. The van der Waals surface area contributed by atoms with E-state index < -0.39 is 5.91 Å². The molecule has 1 amide bonds. The number of carbonyl (C=O) groups is 1. The number of ether oxygens (including phenoxy) is 1. The summed E-state index contributed by atoms with van der Waals surface area (Å²) in [5, 5.41) is 15.9. The minimum Gasteiger partial charge on any atom is -0.495 e. The number of benzene rings is 1. The number of rotatable bonds is 9. The SMILES string of the molecule is COc1cc(P(C2CC2)C2CC2)ccc1Nc1cc(Nc2cc(C)ccn2)nnc1C(N)=O. The third-order valence-corrected chi connectivity index (χ3v) is 9.31. The number of anilines is 4. The fraction of sp³-hybridized carbons (Fsp3) is 0.333. The first-order chi connectivity index (χ1) is 16.0. The van der Waals surface area contributed by atoms with Crippen LogP contribution in [0.3, 0.4) is 0 Å². The van der Waals surface area contributed by atoms with E-state index in [0.29, 0.717) is 17.3 Å². The van der Waals surface area contributed by atoms with Crippen LogP contribution in [0.1, 0.15) is 41.7 Å². The fourth-order valence-corrected chi connectivity index (χ4v) is 7.34. The number of hydrogen-bond donors (Lipinski definition) is 3. The van der Waals surface area contributed by atoms with Crippen molar-refractivity contribution >= 4 is 42.1 Å². The van der Waals surface area contributed by atoms with Gasteiger partial charge in [-0.2, -0.15) is 0 Å². The number of methoxy groups -OCH3 is 1. The van der Waals surface area contributed by atoms with Crippen LogP contribution in [-0.2, 0) is 0 Å². The summed E-state index contributed by atoms with van der Waals surface area (Å²) in [6.45, 7) is 1.98. The molecule has 0 spiro atoms. The molecule has 4 N–H and O–H groups in total. The second-order valence-electron chi connectivity index (χ2n) is 8.58. The zero-order valence-corrected chi connectivity index (χ0v) is 19.6. The number of nitrogens with two attached hydrogens (primary N) is 1. The molecule has 9 heteroatoms. The molecular weight excluding hydrogens is 435 g/mol. The third-order valence-electron chi connectivity index (χ3n) is 5.83. The average Bonchev–Trinajstić information content (AvgIpc) is 3.71. The van der Waals surface area contributed by atoms with E-state index in [1.54, 1.807) is 19.4 Å². The van der Waals surface area contributed by atoms with Crippen LogP contribution in [0.15, 0.2) is 42.6 Å². The lowest BCUT2D eigenvalue weighted by atomic mass is 10.2. The Kier molecular flexibility index (Phi) is 5.85. The van der Waals surface area contributed by atoms with Gasteiger partial charge in [0.25, 0.3) is 5.91 Å². The van der Waals surface area contributed by atoms with Crippen LogP contribution in [0.4, 0.5) is 23.0 Å². The molecule has 0 aliphatic heterocycles. The smallest absolute Gasteiger partial charge is 0.271 e. The molecule has 0 bridgehead atoms. The minimum absolute atomic E-state index is 0.0575. The molecule has 0 radical (unpaired) electrons. The van der Waals surface area contributed by atoms with Crippen molar-refractivity contribution in [2.45, 2.75) is 43.9 Å². The van der Waals surface area contributed by atoms with Crippen molar-refractivity contribution in [1.29, 1.82) is 0 Å². The van der Waals surface area contributed by atoms with Crippen LogP contribution in [0.2, 0.25) is 0 Å². The Balaban J connectivity index is 1.44. The Bertz CT molecular complexity index is 1180. The van der Waals surface area contributed by atoms with Gasteiger partial charge in [0.05, 0.1) is 18.5 Å². The molecule has 5 rings (SSSR count). The monoisotopic (exact) mass is 462 g/mol. The number of aryl methyl sites for hydroxylation is 1. The number of nitrogens with zero attached hydrogens (tertiary/aromatic N) is 3. The predicted molar refractivity (Wildman–Crippen MR) is 132 cm³/mol. The van der Waals surface area contributed by atoms with Crippen LogP contribution in [0.25, 0.3) is 0 Å². The molecule has 0 saturated heterocycles. The number of hydrogen-bond acceptors (Lipinski definition) is 7. The molecule has 1 aromatic carbocycles. The summed E-state index contributed by atoms with van der Waals surface area (Å²) < 4.78 is 5.72. The van der Waals surface area contributed by atoms with Gasteiger partial charge >= 0.3 is 0 Å². The molecule has 0 atom stereocenters. The van der Waals surface area contributed by atoms with E-state index in [0.717, 1.165) is 28.3 Å². The molecule has 2 fully saturated rings. The second kappa shape index (κ2) is 8.94. The summed E-state index contributed by atoms with van der Waals surface area (Å²) in [6, 6.07) is 11.9. The van der Waals surface area contributed by atoms with Gasteiger partial charge in [-0.05, 0) is 79.1 Å². The number of primary amides is 1. The predicted octanol–water partition coefficient (Wildman–Crippen LogP) is 4.21. The van der Waals surface area contributed by atoms with Crippen molar-refractivity contribution in [1.82, 2.24) is 15.2 Å². The standard InChI is InChI=1S/C24H27N6O2P/c1-14-9-10-26-21(11-14)28-22-13-19(23(24(25)31)30-29-22)27-18-8-7-17(12-20(18)32-2)33(15-3-4-15)16-5-6-16/h7-13,15-16H,3-6H2,1-2H3,(H2,25,31)(H2,26,27,28,29). The Morgan fingerprint density at radius 3 is 2.39 bits per heavy atom. The lowest BCUT2D eigenvalue weighted by Crippen LogP contribution is -2.17. The number of aromatic nitrogens is 3. The van der Waals surface area contributed by atoms with E-state index in [-0.39, 0.29) is 13.6 Å². The summed E-state index contributed by atoms with van der Waals surface area (Å²) in [5.74, 6) is 1.16. The fourth-order valence-electron chi connectivity index (χ4n) is 3.98. The topological polar surface area (TPSA) is 115 Å². The van der Waals surface area contributed by atoms with Crippen LogP contribution in [0, 0.1) is 6.92 Å². The molecule has 8 nitrogen and oxygen atoms in total. The number of amides is 1. The van der Waals surface area contributed by atoms with Gasteiger partial charge in [-0.3, -0.25) is 4.79 Å². The van der Waals surface area contributed by atoms with Gasteiger partial charge in [0.2, 0.25) is 0 Å². The molecule has 3 aromatic rings. The van der Waals surface area contributed by atoms with Crippen LogP contribution in [-0.4, -0.2) is 39.5 Å². The van der Waals surface area contributed by atoms with E-state index in [1.165, 1.54) is 31.0 Å². The summed E-state index contributed by atoms with van der Waals surface area (Å²) in [6.07, 6.45) is 7.11. The molecule has 0 unspecified atom stereocenters. The minimum atomic E-state index is -0.660.